The predicted molar refractivity (Wildman–Crippen MR) is 88.3 cm³/mol. The third-order valence-corrected chi connectivity index (χ3v) is 4.99. The number of anilines is 1. The first kappa shape index (κ1) is 14.3. The number of benzene rings is 1. The highest BCUT2D eigenvalue weighted by molar-refractivity contribution is 6.06. The second kappa shape index (κ2) is 5.41. The zero-order valence-corrected chi connectivity index (χ0v) is 13.6. The van der Waals surface area contributed by atoms with E-state index in [-0.39, 0.29) is 5.91 Å². The Kier molecular flexibility index (Phi) is 3.36. The fourth-order valence-corrected chi connectivity index (χ4v) is 3.73. The van der Waals surface area contributed by atoms with Gasteiger partial charge in [-0.15, -0.1) is 0 Å². The molecule has 2 aromatic rings. The number of aromatic nitrogens is 2. The second-order valence-electron chi connectivity index (χ2n) is 6.40. The van der Waals surface area contributed by atoms with Crippen LogP contribution in [-0.2, 0) is 13.0 Å². The lowest BCUT2D eigenvalue weighted by molar-refractivity contribution is 0.0979. The third-order valence-electron chi connectivity index (χ3n) is 4.99. The molecule has 1 atom stereocenters. The number of carbonyl (C=O) groups excluding carboxylic acids is 1. The molecule has 2 aliphatic rings. The van der Waals surface area contributed by atoms with Gasteiger partial charge in [0.15, 0.2) is 0 Å². The Morgan fingerprint density at radius 2 is 2.22 bits per heavy atom. The van der Waals surface area contributed by atoms with Crippen molar-refractivity contribution in [2.24, 2.45) is 0 Å². The van der Waals surface area contributed by atoms with Gasteiger partial charge in [-0.05, 0) is 43.0 Å². The van der Waals surface area contributed by atoms with Crippen molar-refractivity contribution in [1.29, 1.82) is 0 Å². The number of hydrogen-bond donors (Lipinski definition) is 0. The van der Waals surface area contributed by atoms with Crippen LogP contribution < -0.4 is 9.64 Å². The van der Waals surface area contributed by atoms with Gasteiger partial charge in [-0.25, -0.2) is 4.98 Å². The Morgan fingerprint density at radius 3 is 3.04 bits per heavy atom. The highest BCUT2D eigenvalue weighted by Crippen LogP contribution is 2.33. The molecule has 1 aromatic carbocycles. The normalized spacial score (nSPS) is 19.4. The molecule has 1 amide bonds. The molecular weight excluding hydrogens is 290 g/mol. The molecule has 3 heterocycles. The Bertz CT molecular complexity index is 766. The zero-order chi connectivity index (χ0) is 16.0. The second-order valence-corrected chi connectivity index (χ2v) is 6.40. The van der Waals surface area contributed by atoms with Crippen LogP contribution >= 0.6 is 0 Å². The SMILES string of the molecule is COc1ccc2c(c1)CCN2C(=O)c1cnc2n1CCCC2C. The predicted octanol–water partition coefficient (Wildman–Crippen LogP) is 2.99. The van der Waals surface area contributed by atoms with Gasteiger partial charge in [-0.3, -0.25) is 4.79 Å². The van der Waals surface area contributed by atoms with E-state index in [0.29, 0.717) is 5.92 Å². The maximum absolute atomic E-state index is 13.0. The summed E-state index contributed by atoms with van der Waals surface area (Å²) in [6, 6.07) is 5.92. The zero-order valence-electron chi connectivity index (χ0n) is 13.6. The summed E-state index contributed by atoms with van der Waals surface area (Å²) in [7, 11) is 1.67. The van der Waals surface area contributed by atoms with Crippen molar-refractivity contribution in [3.05, 3.63) is 41.5 Å². The van der Waals surface area contributed by atoms with Crippen LogP contribution in [0.15, 0.2) is 24.4 Å². The van der Waals surface area contributed by atoms with Crippen molar-refractivity contribution in [3.63, 3.8) is 0 Å². The van der Waals surface area contributed by atoms with E-state index in [0.717, 1.165) is 55.3 Å². The van der Waals surface area contributed by atoms with Crippen molar-refractivity contribution in [3.8, 4) is 5.75 Å². The van der Waals surface area contributed by atoms with Crippen LogP contribution in [-0.4, -0.2) is 29.1 Å². The maximum atomic E-state index is 13.0. The van der Waals surface area contributed by atoms with Gasteiger partial charge in [0.25, 0.3) is 5.91 Å². The molecule has 1 unspecified atom stereocenters. The van der Waals surface area contributed by atoms with E-state index < -0.39 is 0 Å². The molecule has 0 spiro atoms. The number of rotatable bonds is 2. The molecule has 0 N–H and O–H groups in total. The lowest BCUT2D eigenvalue weighted by atomic mass is 10.0. The molecule has 0 bridgehead atoms. The van der Waals surface area contributed by atoms with E-state index >= 15 is 0 Å². The Morgan fingerprint density at radius 1 is 1.35 bits per heavy atom. The molecule has 0 fully saturated rings. The number of carbonyl (C=O) groups is 1. The minimum atomic E-state index is 0.0572. The van der Waals surface area contributed by atoms with Crippen LogP contribution in [0.1, 0.15) is 47.6 Å². The largest absolute Gasteiger partial charge is 0.497 e. The summed E-state index contributed by atoms with van der Waals surface area (Å²) in [6.07, 6.45) is 4.88. The summed E-state index contributed by atoms with van der Waals surface area (Å²) in [4.78, 5) is 19.4. The van der Waals surface area contributed by atoms with Crippen LogP contribution in [0.4, 0.5) is 5.69 Å². The average Bonchev–Trinajstić information content (AvgIpc) is 3.18. The number of ether oxygens (including phenoxy) is 1. The number of nitrogens with zero attached hydrogens (tertiary/aromatic N) is 3. The van der Waals surface area contributed by atoms with Crippen LogP contribution in [0.3, 0.4) is 0 Å². The lowest BCUT2D eigenvalue weighted by Gasteiger charge is -2.23. The molecule has 4 rings (SSSR count). The third kappa shape index (κ3) is 2.22. The smallest absolute Gasteiger partial charge is 0.276 e. The first-order chi connectivity index (χ1) is 11.2. The fraction of sp³-hybridized carbons (Fsp3) is 0.444. The summed E-state index contributed by atoms with van der Waals surface area (Å²) in [5.41, 5.74) is 2.88. The number of fused-ring (bicyclic) bond motifs is 2. The highest BCUT2D eigenvalue weighted by Gasteiger charge is 2.30. The van der Waals surface area contributed by atoms with E-state index in [1.54, 1.807) is 13.3 Å². The number of amides is 1. The first-order valence-corrected chi connectivity index (χ1v) is 8.23. The van der Waals surface area contributed by atoms with E-state index in [9.17, 15) is 4.79 Å². The summed E-state index contributed by atoms with van der Waals surface area (Å²) < 4.78 is 7.39. The summed E-state index contributed by atoms with van der Waals surface area (Å²) in [6.45, 7) is 3.80. The molecule has 0 saturated carbocycles. The molecule has 23 heavy (non-hydrogen) atoms. The molecule has 2 aliphatic heterocycles. The van der Waals surface area contributed by atoms with E-state index in [4.69, 9.17) is 4.74 Å². The van der Waals surface area contributed by atoms with Gasteiger partial charge in [0.1, 0.15) is 17.3 Å². The number of methoxy groups -OCH3 is 1. The topological polar surface area (TPSA) is 47.4 Å². The number of hydrogen-bond acceptors (Lipinski definition) is 3. The van der Waals surface area contributed by atoms with Gasteiger partial charge in [0, 0.05) is 24.7 Å². The van der Waals surface area contributed by atoms with Crippen LogP contribution in [0.2, 0.25) is 0 Å². The van der Waals surface area contributed by atoms with Crippen molar-refractivity contribution in [1.82, 2.24) is 9.55 Å². The van der Waals surface area contributed by atoms with Crippen molar-refractivity contribution < 1.29 is 9.53 Å². The highest BCUT2D eigenvalue weighted by atomic mass is 16.5. The Labute approximate surface area is 135 Å². The van der Waals surface area contributed by atoms with Crippen molar-refractivity contribution >= 4 is 11.6 Å². The average molecular weight is 311 g/mol. The molecule has 120 valence electrons. The Balaban J connectivity index is 1.67. The molecule has 0 aliphatic carbocycles. The van der Waals surface area contributed by atoms with Crippen molar-refractivity contribution in [2.75, 3.05) is 18.6 Å². The number of imidazole rings is 1. The van der Waals surface area contributed by atoms with E-state index in [2.05, 4.69) is 16.5 Å². The van der Waals surface area contributed by atoms with Crippen LogP contribution in [0.5, 0.6) is 5.75 Å². The first-order valence-electron chi connectivity index (χ1n) is 8.23. The van der Waals surface area contributed by atoms with Gasteiger partial charge in [0.05, 0.1) is 13.3 Å². The molecule has 0 radical (unpaired) electrons. The summed E-state index contributed by atoms with van der Waals surface area (Å²) in [5.74, 6) is 2.38. The standard InChI is InChI=1S/C18H21N3O2/c1-12-4-3-8-20-16(11-19-17(12)20)18(22)21-9-7-13-10-14(23-2)5-6-15(13)21/h5-6,10-12H,3-4,7-9H2,1-2H3. The fourth-order valence-electron chi connectivity index (χ4n) is 3.73. The van der Waals surface area contributed by atoms with E-state index in [1.807, 2.05) is 23.1 Å². The van der Waals surface area contributed by atoms with Gasteiger partial charge < -0.3 is 14.2 Å². The minimum absolute atomic E-state index is 0.0572. The molecule has 5 heteroatoms. The Hall–Kier alpha value is -2.30. The molecular formula is C18H21N3O2. The van der Waals surface area contributed by atoms with Gasteiger partial charge >= 0.3 is 0 Å². The van der Waals surface area contributed by atoms with Gasteiger partial charge in [0.2, 0.25) is 0 Å². The van der Waals surface area contributed by atoms with Crippen LogP contribution in [0, 0.1) is 0 Å². The monoisotopic (exact) mass is 311 g/mol. The van der Waals surface area contributed by atoms with Gasteiger partial charge in [-0.1, -0.05) is 6.92 Å². The minimum Gasteiger partial charge on any atom is -0.497 e. The molecule has 0 saturated heterocycles. The molecule has 5 nitrogen and oxygen atoms in total. The maximum Gasteiger partial charge on any atom is 0.276 e. The summed E-state index contributed by atoms with van der Waals surface area (Å²) >= 11 is 0. The lowest BCUT2D eigenvalue weighted by Crippen LogP contribution is -2.31. The summed E-state index contributed by atoms with van der Waals surface area (Å²) in [5, 5.41) is 0. The van der Waals surface area contributed by atoms with Crippen molar-refractivity contribution in [2.45, 2.75) is 38.6 Å². The van der Waals surface area contributed by atoms with Gasteiger partial charge in [-0.2, -0.15) is 0 Å². The quantitative estimate of drug-likeness (QED) is 0.856. The van der Waals surface area contributed by atoms with Crippen LogP contribution in [0.25, 0.3) is 0 Å². The van der Waals surface area contributed by atoms with E-state index in [1.165, 1.54) is 5.56 Å². The molecule has 1 aromatic heterocycles.